The van der Waals surface area contributed by atoms with Crippen LogP contribution in [0.1, 0.15) is 26.0 Å². The summed E-state index contributed by atoms with van der Waals surface area (Å²) in [6.07, 6.45) is 1.11. The molecule has 1 aromatic heterocycles. The number of nitrogens with one attached hydrogen (secondary N) is 1. The second kappa shape index (κ2) is 8.38. The highest BCUT2D eigenvalue weighted by molar-refractivity contribution is 7.10. The maximum Gasteiger partial charge on any atom is 0.134 e. The van der Waals surface area contributed by atoms with Crippen LogP contribution >= 0.6 is 11.5 Å². The van der Waals surface area contributed by atoms with E-state index in [0.29, 0.717) is 0 Å². The van der Waals surface area contributed by atoms with Crippen LogP contribution < -0.4 is 5.32 Å². The van der Waals surface area contributed by atoms with Gasteiger partial charge in [-0.3, -0.25) is 4.90 Å². The molecule has 0 radical (unpaired) electrons. The minimum atomic E-state index is 0.766. The van der Waals surface area contributed by atoms with Crippen molar-refractivity contribution in [3.8, 4) is 0 Å². The summed E-state index contributed by atoms with van der Waals surface area (Å²) in [5, 5.41) is 8.60. The van der Waals surface area contributed by atoms with Crippen LogP contribution in [0.25, 0.3) is 0 Å². The molecule has 0 saturated heterocycles. The summed E-state index contributed by atoms with van der Waals surface area (Å²) in [7, 11) is 2.07. The number of likely N-dealkylation sites (N-methyl/N-ethyl adjacent to an activating group) is 1. The highest BCUT2D eigenvalue weighted by atomic mass is 32.1. The summed E-state index contributed by atoms with van der Waals surface area (Å²) in [5.41, 5.74) is 1.03. The van der Waals surface area contributed by atoms with E-state index in [9.17, 15) is 0 Å². The van der Waals surface area contributed by atoms with Gasteiger partial charge in [0.2, 0.25) is 0 Å². The third-order valence-electron chi connectivity index (χ3n) is 2.33. The van der Waals surface area contributed by atoms with E-state index in [1.807, 2.05) is 6.92 Å². The molecule has 0 bridgehead atoms. The average molecular weight is 258 g/mol. The molecule has 1 rings (SSSR count). The SMILES string of the molecule is CCCNc1snnc1CN(C)CCOCC. The maximum atomic E-state index is 5.33. The number of hydrogen-bond donors (Lipinski definition) is 1. The maximum absolute atomic E-state index is 5.33. The van der Waals surface area contributed by atoms with E-state index in [1.54, 1.807) is 0 Å². The topological polar surface area (TPSA) is 50.3 Å². The van der Waals surface area contributed by atoms with Crippen molar-refractivity contribution in [1.82, 2.24) is 14.5 Å². The standard InChI is InChI=1S/C11H22N4OS/c1-4-6-12-11-10(13-14-17-11)9-15(3)7-8-16-5-2/h12H,4-9H2,1-3H3. The molecule has 0 aliphatic carbocycles. The van der Waals surface area contributed by atoms with Crippen molar-refractivity contribution in [3.63, 3.8) is 0 Å². The summed E-state index contributed by atoms with van der Waals surface area (Å²) in [6.45, 7) is 8.40. The summed E-state index contributed by atoms with van der Waals surface area (Å²) in [5.74, 6) is 0. The lowest BCUT2D eigenvalue weighted by atomic mass is 10.4. The molecule has 0 atom stereocenters. The van der Waals surface area contributed by atoms with Gasteiger partial charge in [0.05, 0.1) is 6.61 Å². The molecule has 5 nitrogen and oxygen atoms in total. The average Bonchev–Trinajstić information content (AvgIpc) is 2.74. The first kappa shape index (κ1) is 14.3. The van der Waals surface area contributed by atoms with Gasteiger partial charge in [-0.25, -0.2) is 0 Å². The third kappa shape index (κ3) is 5.43. The normalized spacial score (nSPS) is 11.1. The molecule has 0 unspecified atom stereocenters. The zero-order valence-electron chi connectivity index (χ0n) is 10.9. The molecule has 0 fully saturated rings. The first-order chi connectivity index (χ1) is 8.27. The van der Waals surface area contributed by atoms with Gasteiger partial charge in [0.15, 0.2) is 0 Å². The number of hydrogen-bond acceptors (Lipinski definition) is 6. The van der Waals surface area contributed by atoms with E-state index in [2.05, 4.69) is 33.8 Å². The van der Waals surface area contributed by atoms with Crippen LogP contribution in [0.3, 0.4) is 0 Å². The molecule has 0 aliphatic heterocycles. The quantitative estimate of drug-likeness (QED) is 0.685. The zero-order valence-corrected chi connectivity index (χ0v) is 11.7. The molecule has 0 saturated carbocycles. The molecular formula is C11H22N4OS. The van der Waals surface area contributed by atoms with Crippen molar-refractivity contribution in [2.75, 3.05) is 38.7 Å². The number of aromatic nitrogens is 2. The van der Waals surface area contributed by atoms with Crippen LogP contribution in [0, 0.1) is 0 Å². The number of nitrogens with zero attached hydrogens (tertiary/aromatic N) is 3. The van der Waals surface area contributed by atoms with Crippen molar-refractivity contribution in [2.24, 2.45) is 0 Å². The van der Waals surface area contributed by atoms with Gasteiger partial charge in [-0.15, -0.1) is 5.10 Å². The Labute approximate surface area is 107 Å². The molecule has 6 heteroatoms. The van der Waals surface area contributed by atoms with Gasteiger partial charge < -0.3 is 10.1 Å². The molecule has 0 aromatic carbocycles. The second-order valence-electron chi connectivity index (χ2n) is 3.91. The van der Waals surface area contributed by atoms with Crippen molar-refractivity contribution >= 4 is 16.5 Å². The summed E-state index contributed by atoms with van der Waals surface area (Å²) in [6, 6.07) is 0. The number of rotatable bonds is 9. The van der Waals surface area contributed by atoms with Crippen molar-refractivity contribution in [1.29, 1.82) is 0 Å². The van der Waals surface area contributed by atoms with Crippen molar-refractivity contribution < 1.29 is 4.74 Å². The lowest BCUT2D eigenvalue weighted by molar-refractivity contribution is 0.120. The fourth-order valence-corrected chi connectivity index (χ4v) is 1.98. The molecule has 0 spiro atoms. The number of anilines is 1. The van der Waals surface area contributed by atoms with Gasteiger partial charge in [0.1, 0.15) is 10.7 Å². The Morgan fingerprint density at radius 3 is 2.94 bits per heavy atom. The summed E-state index contributed by atoms with van der Waals surface area (Å²) >= 11 is 1.43. The second-order valence-corrected chi connectivity index (χ2v) is 4.66. The van der Waals surface area contributed by atoms with Crippen LogP contribution in [-0.4, -0.2) is 47.8 Å². The van der Waals surface area contributed by atoms with Gasteiger partial charge in [-0.1, -0.05) is 11.4 Å². The van der Waals surface area contributed by atoms with Crippen LogP contribution in [0.15, 0.2) is 0 Å². The van der Waals surface area contributed by atoms with Crippen LogP contribution in [0.4, 0.5) is 5.00 Å². The molecule has 0 amide bonds. The van der Waals surface area contributed by atoms with Gasteiger partial charge >= 0.3 is 0 Å². The summed E-state index contributed by atoms with van der Waals surface area (Å²) in [4.78, 5) is 2.20. The molecule has 1 heterocycles. The van der Waals surface area contributed by atoms with Crippen molar-refractivity contribution in [3.05, 3.63) is 5.69 Å². The minimum absolute atomic E-state index is 0.766. The lowest BCUT2D eigenvalue weighted by Gasteiger charge is -2.15. The first-order valence-electron chi connectivity index (χ1n) is 6.09. The van der Waals surface area contributed by atoms with E-state index in [4.69, 9.17) is 4.74 Å². The van der Waals surface area contributed by atoms with Gasteiger partial charge in [0.25, 0.3) is 0 Å². The third-order valence-corrected chi connectivity index (χ3v) is 3.06. The predicted molar refractivity (Wildman–Crippen MR) is 71.5 cm³/mol. The van der Waals surface area contributed by atoms with E-state index < -0.39 is 0 Å². The van der Waals surface area contributed by atoms with E-state index in [0.717, 1.165) is 50.0 Å². The van der Waals surface area contributed by atoms with Gasteiger partial charge in [0, 0.05) is 37.8 Å². The predicted octanol–water partition coefficient (Wildman–Crippen LogP) is 1.83. The highest BCUT2D eigenvalue weighted by Crippen LogP contribution is 2.18. The van der Waals surface area contributed by atoms with Gasteiger partial charge in [-0.05, 0) is 20.4 Å². The number of ether oxygens (including phenoxy) is 1. The van der Waals surface area contributed by atoms with Crippen molar-refractivity contribution in [2.45, 2.75) is 26.8 Å². The van der Waals surface area contributed by atoms with E-state index >= 15 is 0 Å². The zero-order chi connectivity index (χ0) is 12.5. The van der Waals surface area contributed by atoms with Crippen LogP contribution in [0.2, 0.25) is 0 Å². The molecule has 17 heavy (non-hydrogen) atoms. The molecular weight excluding hydrogens is 236 g/mol. The molecule has 1 N–H and O–H groups in total. The minimum Gasteiger partial charge on any atom is -0.380 e. The molecule has 1 aromatic rings. The Hall–Kier alpha value is -0.720. The smallest absolute Gasteiger partial charge is 0.134 e. The van der Waals surface area contributed by atoms with E-state index in [-0.39, 0.29) is 0 Å². The first-order valence-corrected chi connectivity index (χ1v) is 6.86. The highest BCUT2D eigenvalue weighted by Gasteiger charge is 2.09. The molecule has 98 valence electrons. The molecule has 0 aliphatic rings. The fourth-order valence-electron chi connectivity index (χ4n) is 1.38. The monoisotopic (exact) mass is 258 g/mol. The summed E-state index contributed by atoms with van der Waals surface area (Å²) < 4.78 is 9.32. The Morgan fingerprint density at radius 1 is 1.41 bits per heavy atom. The van der Waals surface area contributed by atoms with Crippen LogP contribution in [0.5, 0.6) is 0 Å². The Balaban J connectivity index is 2.36. The van der Waals surface area contributed by atoms with E-state index in [1.165, 1.54) is 11.5 Å². The Kier molecular flexibility index (Phi) is 7.07. The van der Waals surface area contributed by atoms with Gasteiger partial charge in [-0.2, -0.15) is 0 Å². The largest absolute Gasteiger partial charge is 0.380 e. The van der Waals surface area contributed by atoms with Crippen LogP contribution in [-0.2, 0) is 11.3 Å². The lowest BCUT2D eigenvalue weighted by Crippen LogP contribution is -2.23. The fraction of sp³-hybridized carbons (Fsp3) is 0.818. The Morgan fingerprint density at radius 2 is 2.24 bits per heavy atom. The Bertz CT molecular complexity index is 305.